The third kappa shape index (κ3) is 4.75. The van der Waals surface area contributed by atoms with Crippen LogP contribution in [0.5, 0.6) is 0 Å². The molecule has 0 aliphatic heterocycles. The molecule has 0 saturated carbocycles. The van der Waals surface area contributed by atoms with Crippen molar-refractivity contribution in [3.63, 3.8) is 0 Å². The smallest absolute Gasteiger partial charge is 0.261 e. The predicted molar refractivity (Wildman–Crippen MR) is 111 cm³/mol. The second-order valence-electron chi connectivity index (χ2n) is 5.91. The molecule has 27 heavy (non-hydrogen) atoms. The van der Waals surface area contributed by atoms with Crippen LogP contribution in [0.2, 0.25) is 0 Å². The molecule has 0 saturated heterocycles. The summed E-state index contributed by atoms with van der Waals surface area (Å²) >= 11 is 3.35. The minimum absolute atomic E-state index is 0.0877. The maximum absolute atomic E-state index is 12.5. The SMILES string of the molecule is Cc1ccccc1NS(=O)(=O)c1ccc(C(=O)Nc2cccc(Br)c2)cc1. The number of rotatable bonds is 5. The molecule has 0 bridgehead atoms. The Balaban J connectivity index is 1.76. The number of hydrogen-bond donors (Lipinski definition) is 2. The summed E-state index contributed by atoms with van der Waals surface area (Å²) in [5, 5.41) is 2.77. The maximum atomic E-state index is 12.5. The summed E-state index contributed by atoms with van der Waals surface area (Å²) in [5.41, 5.74) is 2.36. The quantitative estimate of drug-likeness (QED) is 0.592. The van der Waals surface area contributed by atoms with Crippen molar-refractivity contribution in [2.45, 2.75) is 11.8 Å². The van der Waals surface area contributed by atoms with Gasteiger partial charge in [-0.2, -0.15) is 0 Å². The van der Waals surface area contributed by atoms with Gasteiger partial charge in [-0.25, -0.2) is 8.42 Å². The van der Waals surface area contributed by atoms with Crippen molar-refractivity contribution >= 4 is 43.2 Å². The Morgan fingerprint density at radius 1 is 0.926 bits per heavy atom. The highest BCUT2D eigenvalue weighted by molar-refractivity contribution is 9.10. The van der Waals surface area contributed by atoms with E-state index in [1.54, 1.807) is 24.3 Å². The molecule has 138 valence electrons. The largest absolute Gasteiger partial charge is 0.322 e. The number of benzene rings is 3. The summed E-state index contributed by atoms with van der Waals surface area (Å²) in [6, 6.07) is 20.2. The average molecular weight is 445 g/mol. The van der Waals surface area contributed by atoms with Gasteiger partial charge < -0.3 is 5.32 Å². The maximum Gasteiger partial charge on any atom is 0.261 e. The van der Waals surface area contributed by atoms with E-state index < -0.39 is 10.0 Å². The van der Waals surface area contributed by atoms with Crippen molar-refractivity contribution in [3.05, 3.63) is 88.4 Å². The van der Waals surface area contributed by atoms with Crippen molar-refractivity contribution in [1.29, 1.82) is 0 Å². The van der Waals surface area contributed by atoms with Gasteiger partial charge in [0.2, 0.25) is 0 Å². The van der Waals surface area contributed by atoms with Crippen LogP contribution in [0.4, 0.5) is 11.4 Å². The third-order valence-corrected chi connectivity index (χ3v) is 5.77. The first-order valence-corrected chi connectivity index (χ1v) is 10.4. The zero-order chi connectivity index (χ0) is 19.4. The number of anilines is 2. The highest BCUT2D eigenvalue weighted by atomic mass is 79.9. The molecule has 2 N–H and O–H groups in total. The van der Waals surface area contributed by atoms with Crippen LogP contribution in [-0.4, -0.2) is 14.3 Å². The van der Waals surface area contributed by atoms with E-state index in [2.05, 4.69) is 26.0 Å². The van der Waals surface area contributed by atoms with Crippen molar-refractivity contribution < 1.29 is 13.2 Å². The fraction of sp³-hybridized carbons (Fsp3) is 0.0500. The van der Waals surface area contributed by atoms with Gasteiger partial charge in [-0.05, 0) is 61.0 Å². The molecular formula is C20H17BrN2O3S. The summed E-state index contributed by atoms with van der Waals surface area (Å²) < 4.78 is 28.5. The van der Waals surface area contributed by atoms with Crippen LogP contribution < -0.4 is 10.0 Å². The zero-order valence-electron chi connectivity index (χ0n) is 14.4. The lowest BCUT2D eigenvalue weighted by molar-refractivity contribution is 0.102. The van der Waals surface area contributed by atoms with E-state index in [0.717, 1.165) is 10.0 Å². The Bertz CT molecular complexity index is 1080. The van der Waals surface area contributed by atoms with Gasteiger partial charge >= 0.3 is 0 Å². The van der Waals surface area contributed by atoms with E-state index in [1.807, 2.05) is 31.2 Å². The molecule has 3 rings (SSSR count). The number of carbonyl (C=O) groups is 1. The number of aryl methyl sites for hydroxylation is 1. The molecule has 5 nitrogen and oxygen atoms in total. The molecule has 0 unspecified atom stereocenters. The lowest BCUT2D eigenvalue weighted by Gasteiger charge is -2.11. The summed E-state index contributed by atoms with van der Waals surface area (Å²) in [6.07, 6.45) is 0. The third-order valence-electron chi connectivity index (χ3n) is 3.90. The molecule has 1 amide bonds. The van der Waals surface area contributed by atoms with Crippen LogP contribution in [0.1, 0.15) is 15.9 Å². The van der Waals surface area contributed by atoms with Gasteiger partial charge in [0.25, 0.3) is 15.9 Å². The van der Waals surface area contributed by atoms with Gasteiger partial charge in [-0.15, -0.1) is 0 Å². The molecule has 0 aliphatic rings. The van der Waals surface area contributed by atoms with Gasteiger partial charge in [0.1, 0.15) is 0 Å². The molecule has 0 spiro atoms. The lowest BCUT2D eigenvalue weighted by Crippen LogP contribution is -2.15. The standard InChI is InChI=1S/C20H17BrN2O3S/c1-14-5-2-3-8-19(14)23-27(25,26)18-11-9-15(10-12-18)20(24)22-17-7-4-6-16(21)13-17/h2-13,23H,1H3,(H,22,24). The summed E-state index contributed by atoms with van der Waals surface area (Å²) in [4.78, 5) is 12.4. The van der Waals surface area contributed by atoms with Crippen LogP contribution in [0.15, 0.2) is 82.2 Å². The number of hydrogen-bond acceptors (Lipinski definition) is 3. The fourth-order valence-corrected chi connectivity index (χ4v) is 3.98. The van der Waals surface area contributed by atoms with Crippen LogP contribution in [0, 0.1) is 6.92 Å². The van der Waals surface area contributed by atoms with Gasteiger partial charge in [-0.3, -0.25) is 9.52 Å². The number of sulfonamides is 1. The molecule has 3 aromatic rings. The van der Waals surface area contributed by atoms with Gasteiger partial charge in [0.05, 0.1) is 10.6 Å². The summed E-state index contributed by atoms with van der Waals surface area (Å²) in [7, 11) is -3.73. The molecule has 3 aromatic carbocycles. The Kier molecular flexibility index (Phi) is 5.62. The predicted octanol–water partition coefficient (Wildman–Crippen LogP) is 4.81. The number of carbonyl (C=O) groups excluding carboxylic acids is 1. The Morgan fingerprint density at radius 2 is 1.63 bits per heavy atom. The lowest BCUT2D eigenvalue weighted by atomic mass is 10.2. The number of amides is 1. The second kappa shape index (κ2) is 7.94. The molecule has 7 heteroatoms. The fourth-order valence-electron chi connectivity index (χ4n) is 2.45. The van der Waals surface area contributed by atoms with E-state index in [0.29, 0.717) is 16.9 Å². The second-order valence-corrected chi connectivity index (χ2v) is 8.51. The van der Waals surface area contributed by atoms with E-state index in [4.69, 9.17) is 0 Å². The van der Waals surface area contributed by atoms with Crippen LogP contribution in [0.3, 0.4) is 0 Å². The normalized spacial score (nSPS) is 11.0. The minimum Gasteiger partial charge on any atom is -0.322 e. The monoisotopic (exact) mass is 444 g/mol. The molecule has 0 aliphatic carbocycles. The molecular weight excluding hydrogens is 428 g/mol. The zero-order valence-corrected chi connectivity index (χ0v) is 16.8. The Labute approximate surface area is 166 Å². The first-order chi connectivity index (χ1) is 12.8. The summed E-state index contributed by atoms with van der Waals surface area (Å²) in [6.45, 7) is 1.83. The topological polar surface area (TPSA) is 75.3 Å². The Morgan fingerprint density at radius 3 is 2.30 bits per heavy atom. The van der Waals surface area contributed by atoms with Crippen molar-refractivity contribution in [3.8, 4) is 0 Å². The number of nitrogens with one attached hydrogen (secondary N) is 2. The first-order valence-electron chi connectivity index (χ1n) is 8.10. The Hall–Kier alpha value is -2.64. The van der Waals surface area contributed by atoms with Gasteiger partial charge in [0, 0.05) is 15.7 Å². The molecule has 0 atom stereocenters. The highest BCUT2D eigenvalue weighted by Crippen LogP contribution is 2.20. The first kappa shape index (κ1) is 19.1. The molecule has 0 fully saturated rings. The highest BCUT2D eigenvalue weighted by Gasteiger charge is 2.16. The molecule has 0 radical (unpaired) electrons. The van der Waals surface area contributed by atoms with Crippen LogP contribution >= 0.6 is 15.9 Å². The van der Waals surface area contributed by atoms with E-state index in [9.17, 15) is 13.2 Å². The van der Waals surface area contributed by atoms with Crippen LogP contribution in [0.25, 0.3) is 0 Å². The van der Waals surface area contributed by atoms with E-state index >= 15 is 0 Å². The van der Waals surface area contributed by atoms with Gasteiger partial charge in [0.15, 0.2) is 0 Å². The van der Waals surface area contributed by atoms with E-state index in [1.165, 1.54) is 24.3 Å². The van der Waals surface area contributed by atoms with Gasteiger partial charge in [-0.1, -0.05) is 40.2 Å². The van der Waals surface area contributed by atoms with Crippen LogP contribution in [-0.2, 0) is 10.0 Å². The van der Waals surface area contributed by atoms with Crippen molar-refractivity contribution in [1.82, 2.24) is 0 Å². The summed E-state index contributed by atoms with van der Waals surface area (Å²) in [5.74, 6) is -0.316. The molecule has 0 aromatic heterocycles. The number of para-hydroxylation sites is 1. The average Bonchev–Trinajstić information content (AvgIpc) is 2.64. The van der Waals surface area contributed by atoms with E-state index in [-0.39, 0.29) is 10.8 Å². The van der Waals surface area contributed by atoms with Crippen molar-refractivity contribution in [2.75, 3.05) is 10.0 Å². The molecule has 0 heterocycles. The minimum atomic E-state index is -3.73. The van der Waals surface area contributed by atoms with Crippen molar-refractivity contribution in [2.24, 2.45) is 0 Å². The number of halogens is 1.